The first-order valence-corrected chi connectivity index (χ1v) is 7.13. The van der Waals surface area contributed by atoms with Crippen LogP contribution in [-0.4, -0.2) is 25.1 Å². The number of thiazole rings is 1. The molecule has 0 saturated heterocycles. The minimum atomic E-state index is 0.384. The van der Waals surface area contributed by atoms with Crippen LogP contribution < -0.4 is 10.2 Å². The molecule has 0 aliphatic carbocycles. The van der Waals surface area contributed by atoms with Crippen LogP contribution >= 0.6 is 11.3 Å². The van der Waals surface area contributed by atoms with Gasteiger partial charge in [-0.2, -0.15) is 0 Å². The van der Waals surface area contributed by atoms with Crippen molar-refractivity contribution in [3.05, 3.63) is 11.1 Å². The monoisotopic (exact) mass is 255 g/mol. The highest BCUT2D eigenvalue weighted by Gasteiger charge is 2.16. The molecule has 1 N–H and O–H groups in total. The summed E-state index contributed by atoms with van der Waals surface area (Å²) in [6.45, 7) is 8.96. The summed E-state index contributed by atoms with van der Waals surface area (Å²) in [5, 5.41) is 4.37. The summed E-state index contributed by atoms with van der Waals surface area (Å²) in [4.78, 5) is 8.10. The smallest absolute Gasteiger partial charge is 0.185 e. The minimum absolute atomic E-state index is 0.384. The van der Waals surface area contributed by atoms with E-state index in [-0.39, 0.29) is 0 Å². The minimum Gasteiger partial charge on any atom is -0.348 e. The maximum absolute atomic E-state index is 4.52. The summed E-state index contributed by atoms with van der Waals surface area (Å²) in [5.74, 6) is 0.725. The van der Waals surface area contributed by atoms with Crippen molar-refractivity contribution in [3.8, 4) is 0 Å². The van der Waals surface area contributed by atoms with Gasteiger partial charge in [0, 0.05) is 30.2 Å². The highest BCUT2D eigenvalue weighted by atomic mass is 32.1. The first kappa shape index (κ1) is 14.5. The Bertz CT molecular complexity index is 335. The van der Waals surface area contributed by atoms with Crippen LogP contribution in [0.2, 0.25) is 0 Å². The molecule has 2 atom stereocenters. The number of nitrogens with zero attached hydrogens (tertiary/aromatic N) is 2. The fourth-order valence-corrected chi connectivity index (χ4v) is 2.85. The highest BCUT2D eigenvalue weighted by molar-refractivity contribution is 7.15. The summed E-state index contributed by atoms with van der Waals surface area (Å²) in [7, 11) is 4.12. The van der Waals surface area contributed by atoms with Crippen LogP contribution in [0, 0.1) is 5.92 Å². The molecular weight excluding hydrogens is 230 g/mol. The molecule has 0 fully saturated rings. The second-order valence-corrected chi connectivity index (χ2v) is 6.19. The second kappa shape index (κ2) is 6.36. The largest absolute Gasteiger partial charge is 0.348 e. The topological polar surface area (TPSA) is 28.2 Å². The third kappa shape index (κ3) is 3.96. The van der Waals surface area contributed by atoms with Crippen molar-refractivity contribution in [1.29, 1.82) is 0 Å². The number of hydrogen-bond donors (Lipinski definition) is 1. The van der Waals surface area contributed by atoms with E-state index in [0.29, 0.717) is 12.1 Å². The first-order chi connectivity index (χ1) is 7.95. The van der Waals surface area contributed by atoms with Gasteiger partial charge in [0.1, 0.15) is 0 Å². The zero-order valence-electron chi connectivity index (χ0n) is 11.8. The van der Waals surface area contributed by atoms with E-state index in [0.717, 1.165) is 11.0 Å². The van der Waals surface area contributed by atoms with Gasteiger partial charge in [-0.3, -0.25) is 0 Å². The van der Waals surface area contributed by atoms with Gasteiger partial charge in [0.15, 0.2) is 5.13 Å². The van der Waals surface area contributed by atoms with Gasteiger partial charge in [-0.1, -0.05) is 13.8 Å². The van der Waals surface area contributed by atoms with Crippen molar-refractivity contribution in [1.82, 2.24) is 10.3 Å². The van der Waals surface area contributed by atoms with E-state index >= 15 is 0 Å². The van der Waals surface area contributed by atoms with Crippen molar-refractivity contribution in [2.24, 2.45) is 5.92 Å². The van der Waals surface area contributed by atoms with E-state index in [1.165, 1.54) is 11.3 Å². The lowest BCUT2D eigenvalue weighted by Gasteiger charge is -2.25. The van der Waals surface area contributed by atoms with Crippen LogP contribution in [0.3, 0.4) is 0 Å². The molecule has 0 amide bonds. The molecular formula is C13H25N3S. The van der Waals surface area contributed by atoms with E-state index in [9.17, 15) is 0 Å². The Balaban J connectivity index is 2.69. The zero-order chi connectivity index (χ0) is 13.0. The van der Waals surface area contributed by atoms with Gasteiger partial charge in [0.25, 0.3) is 0 Å². The van der Waals surface area contributed by atoms with Gasteiger partial charge in [-0.05, 0) is 33.2 Å². The second-order valence-electron chi connectivity index (χ2n) is 5.15. The predicted octanol–water partition coefficient (Wildman–Crippen LogP) is 3.29. The molecule has 98 valence electrons. The summed E-state index contributed by atoms with van der Waals surface area (Å²) in [5.41, 5.74) is 0. The Labute approximate surface area is 109 Å². The quantitative estimate of drug-likeness (QED) is 0.845. The Hall–Kier alpha value is -0.610. The molecule has 1 heterocycles. The Morgan fingerprint density at radius 2 is 2.00 bits per heavy atom. The molecule has 17 heavy (non-hydrogen) atoms. The van der Waals surface area contributed by atoms with Gasteiger partial charge < -0.3 is 10.2 Å². The lowest BCUT2D eigenvalue weighted by molar-refractivity contribution is 0.504. The fraction of sp³-hybridized carbons (Fsp3) is 0.769. The van der Waals surface area contributed by atoms with Crippen molar-refractivity contribution in [2.75, 3.05) is 19.0 Å². The van der Waals surface area contributed by atoms with E-state index in [1.54, 1.807) is 11.3 Å². The van der Waals surface area contributed by atoms with Crippen molar-refractivity contribution in [2.45, 2.75) is 46.2 Å². The van der Waals surface area contributed by atoms with Crippen LogP contribution in [-0.2, 0) is 0 Å². The SMILES string of the molecule is CNC(C)c1cnc(N(C)C(C)CC(C)C)s1. The molecule has 0 saturated carbocycles. The summed E-state index contributed by atoms with van der Waals surface area (Å²) < 4.78 is 0. The average Bonchev–Trinajstić information content (AvgIpc) is 2.75. The third-order valence-corrected chi connectivity index (χ3v) is 4.42. The van der Waals surface area contributed by atoms with Crippen LogP contribution in [0.5, 0.6) is 0 Å². The number of anilines is 1. The molecule has 1 rings (SSSR count). The summed E-state index contributed by atoms with van der Waals surface area (Å²) in [6, 6.07) is 0.925. The molecule has 1 aromatic rings. The Morgan fingerprint density at radius 3 is 2.53 bits per heavy atom. The molecule has 0 aliphatic rings. The van der Waals surface area contributed by atoms with Crippen LogP contribution in [0.15, 0.2) is 6.20 Å². The van der Waals surface area contributed by atoms with Crippen molar-refractivity contribution in [3.63, 3.8) is 0 Å². The van der Waals surface area contributed by atoms with Gasteiger partial charge >= 0.3 is 0 Å². The molecule has 4 heteroatoms. The van der Waals surface area contributed by atoms with Crippen LogP contribution in [0.25, 0.3) is 0 Å². The van der Waals surface area contributed by atoms with Crippen molar-refractivity contribution < 1.29 is 0 Å². The predicted molar refractivity (Wildman–Crippen MR) is 76.9 cm³/mol. The third-order valence-electron chi connectivity index (χ3n) is 3.15. The fourth-order valence-electron chi connectivity index (χ4n) is 1.81. The van der Waals surface area contributed by atoms with E-state index < -0.39 is 0 Å². The van der Waals surface area contributed by atoms with Crippen LogP contribution in [0.1, 0.15) is 45.0 Å². The maximum atomic E-state index is 4.52. The number of nitrogens with one attached hydrogen (secondary N) is 1. The van der Waals surface area contributed by atoms with Gasteiger partial charge in [-0.25, -0.2) is 4.98 Å². The van der Waals surface area contributed by atoms with Gasteiger partial charge in [0.2, 0.25) is 0 Å². The number of aromatic nitrogens is 1. The number of rotatable bonds is 6. The summed E-state index contributed by atoms with van der Waals surface area (Å²) in [6.07, 6.45) is 3.19. The molecule has 0 aliphatic heterocycles. The van der Waals surface area contributed by atoms with Crippen LogP contribution in [0.4, 0.5) is 5.13 Å². The molecule has 0 bridgehead atoms. The van der Waals surface area contributed by atoms with E-state index in [4.69, 9.17) is 0 Å². The molecule has 2 unspecified atom stereocenters. The maximum Gasteiger partial charge on any atom is 0.185 e. The van der Waals surface area contributed by atoms with Crippen molar-refractivity contribution >= 4 is 16.5 Å². The highest BCUT2D eigenvalue weighted by Crippen LogP contribution is 2.28. The van der Waals surface area contributed by atoms with E-state index in [1.807, 2.05) is 13.2 Å². The Kier molecular flexibility index (Phi) is 5.40. The van der Waals surface area contributed by atoms with Gasteiger partial charge in [0.05, 0.1) is 0 Å². The van der Waals surface area contributed by atoms with Gasteiger partial charge in [-0.15, -0.1) is 11.3 Å². The molecule has 0 aromatic carbocycles. The molecule has 1 aromatic heterocycles. The number of hydrogen-bond acceptors (Lipinski definition) is 4. The lowest BCUT2D eigenvalue weighted by Crippen LogP contribution is -2.29. The molecule has 0 spiro atoms. The average molecular weight is 255 g/mol. The Morgan fingerprint density at radius 1 is 1.35 bits per heavy atom. The first-order valence-electron chi connectivity index (χ1n) is 6.31. The summed E-state index contributed by atoms with van der Waals surface area (Å²) >= 11 is 1.78. The molecule has 0 radical (unpaired) electrons. The zero-order valence-corrected chi connectivity index (χ0v) is 12.6. The lowest BCUT2D eigenvalue weighted by atomic mass is 10.0. The van der Waals surface area contributed by atoms with E-state index in [2.05, 4.69) is 49.9 Å². The normalized spacial score (nSPS) is 15.0. The molecule has 3 nitrogen and oxygen atoms in total. The standard InChI is InChI=1S/C13H25N3S/c1-9(2)7-10(3)16(6)13-15-8-12(17-13)11(4)14-5/h8-11,14H,7H2,1-6H3.